The minimum absolute atomic E-state index is 0.338. The summed E-state index contributed by atoms with van der Waals surface area (Å²) in [5.41, 5.74) is 1.28. The van der Waals surface area contributed by atoms with Crippen molar-refractivity contribution in [2.75, 3.05) is 0 Å². The van der Waals surface area contributed by atoms with Gasteiger partial charge in [-0.05, 0) is 57.8 Å². The van der Waals surface area contributed by atoms with E-state index >= 15 is 0 Å². The molecule has 0 saturated heterocycles. The van der Waals surface area contributed by atoms with Crippen molar-refractivity contribution in [2.24, 2.45) is 4.99 Å². The molecule has 1 aliphatic heterocycles. The van der Waals surface area contributed by atoms with Crippen molar-refractivity contribution in [1.29, 1.82) is 0 Å². The van der Waals surface area contributed by atoms with E-state index in [4.69, 9.17) is 4.74 Å². The number of esters is 1. The van der Waals surface area contributed by atoms with Gasteiger partial charge < -0.3 is 4.74 Å². The Morgan fingerprint density at radius 3 is 2.89 bits per heavy atom. The van der Waals surface area contributed by atoms with Crippen molar-refractivity contribution < 1.29 is 9.53 Å². The van der Waals surface area contributed by atoms with Crippen LogP contribution >= 0.6 is 33.9 Å². The third kappa shape index (κ3) is 2.76. The number of hydrogen-bond acceptors (Lipinski definition) is 4. The molecule has 0 fully saturated rings. The zero-order valence-electron chi connectivity index (χ0n) is 9.67. The van der Waals surface area contributed by atoms with Crippen LogP contribution in [-0.4, -0.2) is 11.9 Å². The van der Waals surface area contributed by atoms with Crippen LogP contribution in [0.1, 0.15) is 10.4 Å². The second kappa shape index (κ2) is 5.26. The number of hydrogen-bond donors (Lipinski definition) is 0. The van der Waals surface area contributed by atoms with Crippen LogP contribution in [0.15, 0.2) is 52.5 Å². The SMILES string of the molecule is O=C1OC(c2cccs2)=NC1=Cc1cccc(I)c1. The van der Waals surface area contributed by atoms with E-state index in [1.54, 1.807) is 6.08 Å². The molecule has 5 heteroatoms. The number of thiophene rings is 1. The number of ether oxygens (including phenoxy) is 1. The summed E-state index contributed by atoms with van der Waals surface area (Å²) in [4.78, 5) is 16.9. The molecule has 2 heterocycles. The molecule has 19 heavy (non-hydrogen) atoms. The summed E-state index contributed by atoms with van der Waals surface area (Å²) in [5.74, 6) is -0.0147. The summed E-state index contributed by atoms with van der Waals surface area (Å²) in [6.45, 7) is 0. The summed E-state index contributed by atoms with van der Waals surface area (Å²) in [7, 11) is 0. The van der Waals surface area contributed by atoms with Gasteiger partial charge >= 0.3 is 5.97 Å². The number of rotatable bonds is 2. The summed E-state index contributed by atoms with van der Waals surface area (Å²) in [6, 6.07) is 11.6. The molecule has 1 aliphatic rings. The molecule has 0 unspecified atom stereocenters. The average molecular weight is 381 g/mol. The molecule has 0 atom stereocenters. The van der Waals surface area contributed by atoms with Gasteiger partial charge in [0, 0.05) is 3.57 Å². The van der Waals surface area contributed by atoms with Crippen molar-refractivity contribution in [3.63, 3.8) is 0 Å². The summed E-state index contributed by atoms with van der Waals surface area (Å²) < 4.78 is 6.28. The molecule has 0 bridgehead atoms. The van der Waals surface area contributed by atoms with Crippen LogP contribution < -0.4 is 0 Å². The van der Waals surface area contributed by atoms with E-state index in [-0.39, 0.29) is 0 Å². The lowest BCUT2D eigenvalue weighted by molar-refractivity contribution is -0.129. The number of carbonyl (C=O) groups excluding carboxylic acids is 1. The van der Waals surface area contributed by atoms with E-state index in [1.165, 1.54) is 11.3 Å². The van der Waals surface area contributed by atoms with Gasteiger partial charge in [0.25, 0.3) is 0 Å². The Hall–Kier alpha value is -1.47. The maximum absolute atomic E-state index is 11.8. The van der Waals surface area contributed by atoms with E-state index in [9.17, 15) is 4.79 Å². The van der Waals surface area contributed by atoms with Crippen LogP contribution in [0, 0.1) is 3.57 Å². The highest BCUT2D eigenvalue weighted by Crippen LogP contribution is 2.21. The van der Waals surface area contributed by atoms with Crippen molar-refractivity contribution in [3.05, 3.63) is 61.5 Å². The lowest BCUT2D eigenvalue weighted by Gasteiger charge is -1.95. The van der Waals surface area contributed by atoms with Gasteiger partial charge in [-0.2, -0.15) is 0 Å². The van der Waals surface area contributed by atoms with Crippen molar-refractivity contribution in [1.82, 2.24) is 0 Å². The Morgan fingerprint density at radius 2 is 2.16 bits per heavy atom. The Morgan fingerprint density at radius 1 is 1.26 bits per heavy atom. The first-order valence-electron chi connectivity index (χ1n) is 5.54. The van der Waals surface area contributed by atoms with E-state index < -0.39 is 5.97 Å². The molecule has 3 nitrogen and oxygen atoms in total. The molecule has 0 amide bonds. The quantitative estimate of drug-likeness (QED) is 0.452. The van der Waals surface area contributed by atoms with Gasteiger partial charge in [0.15, 0.2) is 5.70 Å². The second-order valence-electron chi connectivity index (χ2n) is 3.87. The molecule has 1 aromatic carbocycles. The Balaban J connectivity index is 1.95. The largest absolute Gasteiger partial charge is 0.401 e. The number of aliphatic imine (C=N–C) groups is 1. The van der Waals surface area contributed by atoms with Crippen LogP contribution in [0.5, 0.6) is 0 Å². The lowest BCUT2D eigenvalue weighted by atomic mass is 10.2. The molecular weight excluding hydrogens is 373 g/mol. The first-order chi connectivity index (χ1) is 9.22. The molecule has 0 saturated carbocycles. The summed E-state index contributed by atoms with van der Waals surface area (Å²) in [6.07, 6.45) is 1.74. The van der Waals surface area contributed by atoms with Gasteiger partial charge in [-0.3, -0.25) is 0 Å². The molecular formula is C14H8INO2S. The maximum Gasteiger partial charge on any atom is 0.363 e. The van der Waals surface area contributed by atoms with Gasteiger partial charge in [0.1, 0.15) is 0 Å². The third-order valence-corrected chi connectivity index (χ3v) is 4.03. The van der Waals surface area contributed by atoms with Crippen molar-refractivity contribution in [2.45, 2.75) is 0 Å². The van der Waals surface area contributed by atoms with Crippen LogP contribution in [0.2, 0.25) is 0 Å². The lowest BCUT2D eigenvalue weighted by Crippen LogP contribution is -2.03. The monoisotopic (exact) mass is 381 g/mol. The number of cyclic esters (lactones) is 1. The summed E-state index contributed by atoms with van der Waals surface area (Å²) in [5, 5.41) is 1.92. The fourth-order valence-electron chi connectivity index (χ4n) is 1.67. The highest BCUT2D eigenvalue weighted by Gasteiger charge is 2.24. The first kappa shape index (κ1) is 12.6. The van der Waals surface area contributed by atoms with E-state index in [1.807, 2.05) is 41.8 Å². The Bertz CT molecular complexity index is 689. The third-order valence-electron chi connectivity index (χ3n) is 2.50. The predicted octanol–water partition coefficient (Wildman–Crippen LogP) is 3.70. The number of halogens is 1. The molecule has 1 aromatic heterocycles. The zero-order valence-corrected chi connectivity index (χ0v) is 12.6. The Kier molecular flexibility index (Phi) is 3.48. The molecule has 2 aromatic rings. The molecule has 3 rings (SSSR count). The van der Waals surface area contributed by atoms with Gasteiger partial charge in [0.05, 0.1) is 4.88 Å². The molecule has 0 radical (unpaired) electrons. The van der Waals surface area contributed by atoms with Crippen LogP contribution in [0.3, 0.4) is 0 Å². The van der Waals surface area contributed by atoms with Crippen LogP contribution in [0.4, 0.5) is 0 Å². The number of benzene rings is 1. The van der Waals surface area contributed by atoms with E-state index in [0.717, 1.165) is 14.0 Å². The Labute approximate surface area is 127 Å². The topological polar surface area (TPSA) is 38.7 Å². The number of carbonyl (C=O) groups is 1. The van der Waals surface area contributed by atoms with E-state index in [2.05, 4.69) is 27.6 Å². The maximum atomic E-state index is 11.8. The van der Waals surface area contributed by atoms with E-state index in [0.29, 0.717) is 11.6 Å². The minimum Gasteiger partial charge on any atom is -0.401 e. The molecule has 0 aliphatic carbocycles. The normalized spacial score (nSPS) is 16.6. The first-order valence-corrected chi connectivity index (χ1v) is 7.50. The standard InChI is InChI=1S/C14H8INO2S/c15-10-4-1-3-9(7-10)8-11-14(17)18-13(16-11)12-5-2-6-19-12/h1-8H. The smallest absolute Gasteiger partial charge is 0.363 e. The highest BCUT2D eigenvalue weighted by atomic mass is 127. The molecule has 0 spiro atoms. The van der Waals surface area contributed by atoms with Gasteiger partial charge in [-0.25, -0.2) is 9.79 Å². The van der Waals surface area contributed by atoms with Crippen molar-refractivity contribution in [3.8, 4) is 0 Å². The predicted molar refractivity (Wildman–Crippen MR) is 84.1 cm³/mol. The molecule has 94 valence electrons. The molecule has 0 N–H and O–H groups in total. The van der Waals surface area contributed by atoms with Gasteiger partial charge in [-0.1, -0.05) is 18.2 Å². The highest BCUT2D eigenvalue weighted by molar-refractivity contribution is 14.1. The zero-order chi connectivity index (χ0) is 13.2. The minimum atomic E-state index is -0.401. The second-order valence-corrected chi connectivity index (χ2v) is 6.06. The average Bonchev–Trinajstić information content (AvgIpc) is 3.00. The van der Waals surface area contributed by atoms with Gasteiger partial charge in [-0.15, -0.1) is 11.3 Å². The fraction of sp³-hybridized carbons (Fsp3) is 0. The van der Waals surface area contributed by atoms with Crippen molar-refractivity contribution >= 4 is 51.9 Å². The van der Waals surface area contributed by atoms with Crippen LogP contribution in [-0.2, 0) is 9.53 Å². The summed E-state index contributed by atoms with van der Waals surface area (Å²) >= 11 is 3.73. The van der Waals surface area contributed by atoms with Gasteiger partial charge in [0.2, 0.25) is 5.90 Å². The fourth-order valence-corrected chi connectivity index (χ4v) is 2.89. The van der Waals surface area contributed by atoms with Crippen LogP contribution in [0.25, 0.3) is 6.08 Å². The number of nitrogens with zero attached hydrogens (tertiary/aromatic N) is 1.